The molecule has 1 heteroatoms. The van der Waals surface area contributed by atoms with Crippen molar-refractivity contribution in [3.63, 3.8) is 0 Å². The SMILES string of the molecule is CC(C)(C)C1=CC(=C2c3ccccc32)C=C(C(C)(C)C)C1=O. The van der Waals surface area contributed by atoms with Gasteiger partial charge in [-0.05, 0) is 45.3 Å². The third-order valence-corrected chi connectivity index (χ3v) is 4.40. The third-order valence-electron chi connectivity index (χ3n) is 4.40. The molecule has 2 aliphatic rings. The van der Waals surface area contributed by atoms with Crippen molar-refractivity contribution in [1.29, 1.82) is 0 Å². The second-order valence-corrected chi connectivity index (χ2v) is 8.32. The molecule has 0 spiro atoms. The zero-order chi connectivity index (χ0) is 16.3. The van der Waals surface area contributed by atoms with Gasteiger partial charge in [0.15, 0.2) is 5.78 Å². The van der Waals surface area contributed by atoms with Gasteiger partial charge in [-0.3, -0.25) is 4.79 Å². The van der Waals surface area contributed by atoms with Gasteiger partial charge >= 0.3 is 0 Å². The van der Waals surface area contributed by atoms with Crippen LogP contribution in [0.2, 0.25) is 0 Å². The Balaban J connectivity index is 2.19. The fourth-order valence-corrected chi connectivity index (χ4v) is 3.07. The first-order valence-corrected chi connectivity index (χ1v) is 7.94. The zero-order valence-corrected chi connectivity index (χ0v) is 14.4. The molecule has 0 bridgehead atoms. The minimum Gasteiger partial charge on any atom is -0.289 e. The van der Waals surface area contributed by atoms with Crippen molar-refractivity contribution in [2.45, 2.75) is 41.5 Å². The standard InChI is InChI=1S/C21H24O/c1-20(2,3)16-11-13(12-17(19(16)22)21(4,5)6)18-14-9-7-8-10-15(14)18/h7-12H,1-6H3. The molecule has 0 aromatic heterocycles. The average molecular weight is 292 g/mol. The minimum atomic E-state index is -0.144. The van der Waals surface area contributed by atoms with E-state index in [0.29, 0.717) is 0 Å². The second kappa shape index (κ2) is 4.55. The van der Waals surface area contributed by atoms with Crippen molar-refractivity contribution in [2.24, 2.45) is 10.8 Å². The molecule has 1 nitrogen and oxygen atoms in total. The van der Waals surface area contributed by atoms with E-state index in [-0.39, 0.29) is 16.6 Å². The van der Waals surface area contributed by atoms with E-state index in [1.165, 1.54) is 22.3 Å². The lowest BCUT2D eigenvalue weighted by molar-refractivity contribution is -0.114. The van der Waals surface area contributed by atoms with Crippen LogP contribution < -0.4 is 0 Å². The van der Waals surface area contributed by atoms with Crippen molar-refractivity contribution in [3.05, 3.63) is 64.3 Å². The molecule has 1 aromatic carbocycles. The topological polar surface area (TPSA) is 17.1 Å². The van der Waals surface area contributed by atoms with E-state index in [2.05, 4.69) is 78.0 Å². The maximum Gasteiger partial charge on any atom is 0.186 e. The highest BCUT2D eigenvalue weighted by Crippen LogP contribution is 2.48. The molecule has 3 rings (SSSR count). The van der Waals surface area contributed by atoms with Gasteiger partial charge in [-0.2, -0.15) is 0 Å². The zero-order valence-electron chi connectivity index (χ0n) is 14.4. The molecule has 1 aromatic rings. The lowest BCUT2D eigenvalue weighted by atomic mass is 9.71. The van der Waals surface area contributed by atoms with E-state index in [4.69, 9.17) is 0 Å². The first kappa shape index (κ1) is 15.0. The number of rotatable bonds is 0. The van der Waals surface area contributed by atoms with Gasteiger partial charge in [0.2, 0.25) is 0 Å². The van der Waals surface area contributed by atoms with Crippen LogP contribution in [0.1, 0.15) is 52.7 Å². The van der Waals surface area contributed by atoms with Crippen molar-refractivity contribution in [3.8, 4) is 0 Å². The average Bonchev–Trinajstić information content (AvgIpc) is 3.10. The fraction of sp³-hybridized carbons (Fsp3) is 0.381. The second-order valence-electron chi connectivity index (χ2n) is 8.32. The van der Waals surface area contributed by atoms with Crippen molar-refractivity contribution < 1.29 is 4.79 Å². The Morgan fingerprint density at radius 2 is 1.14 bits per heavy atom. The van der Waals surface area contributed by atoms with E-state index in [9.17, 15) is 4.79 Å². The largest absolute Gasteiger partial charge is 0.289 e. The van der Waals surface area contributed by atoms with Crippen molar-refractivity contribution in [1.82, 2.24) is 0 Å². The van der Waals surface area contributed by atoms with E-state index in [0.717, 1.165) is 11.1 Å². The molecule has 0 N–H and O–H groups in total. The molecule has 0 radical (unpaired) electrons. The van der Waals surface area contributed by atoms with Crippen molar-refractivity contribution >= 4 is 11.4 Å². The van der Waals surface area contributed by atoms with Gasteiger partial charge in [0.25, 0.3) is 0 Å². The number of carbonyl (C=O) groups excluding carboxylic acids is 1. The summed E-state index contributed by atoms with van der Waals surface area (Å²) in [7, 11) is 0. The fourth-order valence-electron chi connectivity index (χ4n) is 3.07. The van der Waals surface area contributed by atoms with Crippen LogP contribution in [0, 0.1) is 10.8 Å². The summed E-state index contributed by atoms with van der Waals surface area (Å²) in [5, 5.41) is 0. The highest BCUT2D eigenvalue weighted by atomic mass is 16.1. The van der Waals surface area contributed by atoms with Gasteiger partial charge in [-0.15, -0.1) is 0 Å². The van der Waals surface area contributed by atoms with Gasteiger partial charge < -0.3 is 0 Å². The van der Waals surface area contributed by atoms with Gasteiger partial charge in [0.1, 0.15) is 0 Å². The number of hydrogen-bond donors (Lipinski definition) is 0. The van der Waals surface area contributed by atoms with Crippen LogP contribution in [0.5, 0.6) is 0 Å². The van der Waals surface area contributed by atoms with Gasteiger partial charge in [-0.1, -0.05) is 65.8 Å². The van der Waals surface area contributed by atoms with Gasteiger partial charge in [-0.25, -0.2) is 0 Å². The van der Waals surface area contributed by atoms with Crippen LogP contribution in [0.4, 0.5) is 0 Å². The van der Waals surface area contributed by atoms with Crippen LogP contribution in [0.3, 0.4) is 0 Å². The Hall–Kier alpha value is -1.89. The first-order valence-electron chi connectivity index (χ1n) is 7.94. The van der Waals surface area contributed by atoms with Crippen LogP contribution in [0.15, 0.2) is 53.1 Å². The van der Waals surface area contributed by atoms with Crippen LogP contribution in [-0.2, 0) is 4.79 Å². The summed E-state index contributed by atoms with van der Waals surface area (Å²) < 4.78 is 0. The van der Waals surface area contributed by atoms with E-state index >= 15 is 0 Å². The minimum absolute atomic E-state index is 0.144. The predicted molar refractivity (Wildman–Crippen MR) is 92.5 cm³/mol. The lowest BCUT2D eigenvalue weighted by Gasteiger charge is -2.31. The van der Waals surface area contributed by atoms with Gasteiger partial charge in [0, 0.05) is 11.1 Å². The summed E-state index contributed by atoms with van der Waals surface area (Å²) in [6.07, 6.45) is 4.21. The monoisotopic (exact) mass is 292 g/mol. The van der Waals surface area contributed by atoms with Crippen molar-refractivity contribution in [2.75, 3.05) is 0 Å². The quantitative estimate of drug-likeness (QED) is 0.641. The Bertz CT molecular complexity index is 695. The molecule has 2 aliphatic carbocycles. The maximum absolute atomic E-state index is 12.9. The molecule has 0 aliphatic heterocycles. The molecule has 0 saturated heterocycles. The highest BCUT2D eigenvalue weighted by Gasteiger charge is 2.36. The number of fused-ring (bicyclic) bond motifs is 1. The number of carbonyl (C=O) groups is 1. The molecular weight excluding hydrogens is 268 g/mol. The number of allylic oxidation sites excluding steroid dienone is 5. The lowest BCUT2D eigenvalue weighted by Crippen LogP contribution is -2.27. The Morgan fingerprint density at radius 3 is 1.50 bits per heavy atom. The predicted octanol–water partition coefficient (Wildman–Crippen LogP) is 5.33. The summed E-state index contributed by atoms with van der Waals surface area (Å²) in [4.78, 5) is 12.9. The van der Waals surface area contributed by atoms with E-state index in [1.54, 1.807) is 0 Å². The Kier molecular flexibility index (Phi) is 3.11. The summed E-state index contributed by atoms with van der Waals surface area (Å²) in [5.74, 6) is 0.203. The number of Topliss-reactive ketones (excluding diaryl/α,β-unsaturated/α-hetero) is 1. The van der Waals surface area contributed by atoms with E-state index < -0.39 is 0 Å². The summed E-state index contributed by atoms with van der Waals surface area (Å²) in [6.45, 7) is 12.7. The first-order chi connectivity index (χ1) is 10.1. The molecule has 0 unspecified atom stereocenters. The summed E-state index contributed by atoms with van der Waals surface area (Å²) in [5.41, 5.74) is 6.68. The number of ketones is 1. The molecule has 0 atom stereocenters. The Morgan fingerprint density at radius 1 is 0.727 bits per heavy atom. The molecule has 114 valence electrons. The maximum atomic E-state index is 12.9. The third kappa shape index (κ3) is 2.39. The molecule has 0 saturated carbocycles. The number of hydrogen-bond acceptors (Lipinski definition) is 1. The van der Waals surface area contributed by atoms with E-state index in [1.807, 2.05) is 0 Å². The summed E-state index contributed by atoms with van der Waals surface area (Å²) >= 11 is 0. The Labute approximate surface area is 133 Å². The molecule has 0 heterocycles. The van der Waals surface area contributed by atoms with Crippen LogP contribution in [-0.4, -0.2) is 5.78 Å². The molecule has 22 heavy (non-hydrogen) atoms. The highest BCUT2D eigenvalue weighted by molar-refractivity contribution is 6.14. The normalized spacial score (nSPS) is 18.0. The summed E-state index contributed by atoms with van der Waals surface area (Å²) in [6, 6.07) is 8.46. The molecule has 0 fully saturated rings. The van der Waals surface area contributed by atoms with Crippen LogP contribution in [0.25, 0.3) is 5.57 Å². The van der Waals surface area contributed by atoms with Crippen LogP contribution >= 0.6 is 0 Å². The number of benzene rings is 1. The smallest absolute Gasteiger partial charge is 0.186 e. The van der Waals surface area contributed by atoms with Gasteiger partial charge in [0.05, 0.1) is 0 Å². The molecular formula is C21H24O. The molecule has 0 amide bonds.